The van der Waals surface area contributed by atoms with E-state index < -0.39 is 5.30 Å². The first-order valence-corrected chi connectivity index (χ1v) is 4.27. The second kappa shape index (κ2) is 4.79. The van der Waals surface area contributed by atoms with Gasteiger partial charge in [-0.25, -0.2) is 4.79 Å². The third kappa shape index (κ3) is 3.41. The topological polar surface area (TPSA) is 49.3 Å². The molecule has 1 aromatic carbocycles. The van der Waals surface area contributed by atoms with Gasteiger partial charge in [-0.1, -0.05) is 30.3 Å². The van der Waals surface area contributed by atoms with Crippen molar-refractivity contribution in [3.63, 3.8) is 0 Å². The van der Waals surface area contributed by atoms with Gasteiger partial charge in [-0.3, -0.25) is 4.72 Å². The lowest BCUT2D eigenvalue weighted by molar-refractivity contribution is 0.222. The number of benzene rings is 1. The molecule has 0 saturated heterocycles. The first-order valence-electron chi connectivity index (χ1n) is 3.45. The highest BCUT2D eigenvalue weighted by molar-refractivity contribution is 8.11. The molecule has 0 spiro atoms. The normalized spacial score (nSPS) is 9.67. The van der Waals surface area contributed by atoms with Crippen LogP contribution in [0.15, 0.2) is 30.3 Å². The zero-order valence-corrected chi connectivity index (χ0v) is 7.17. The van der Waals surface area contributed by atoms with Crippen molar-refractivity contribution in [3.05, 3.63) is 35.9 Å². The molecule has 1 aromatic rings. The SMILES string of the molecule is O=C(O)SNCc1ccccc1. The third-order valence-corrected chi connectivity index (χ3v) is 1.74. The molecular formula is C8H9NO2S. The van der Waals surface area contributed by atoms with Crippen LogP contribution in [0.2, 0.25) is 0 Å². The molecule has 0 aromatic heterocycles. The van der Waals surface area contributed by atoms with Gasteiger partial charge in [-0.2, -0.15) is 0 Å². The van der Waals surface area contributed by atoms with Gasteiger partial charge in [-0.05, 0) is 5.56 Å². The summed E-state index contributed by atoms with van der Waals surface area (Å²) in [5.41, 5.74) is 1.08. The van der Waals surface area contributed by atoms with Crippen LogP contribution in [0, 0.1) is 0 Å². The molecule has 64 valence electrons. The maximum Gasteiger partial charge on any atom is 0.380 e. The van der Waals surface area contributed by atoms with E-state index in [9.17, 15) is 4.79 Å². The van der Waals surface area contributed by atoms with Crippen LogP contribution in [0.5, 0.6) is 0 Å². The lowest BCUT2D eigenvalue weighted by atomic mass is 10.2. The molecule has 0 bridgehead atoms. The minimum atomic E-state index is -0.911. The quantitative estimate of drug-likeness (QED) is 0.704. The second-order valence-corrected chi connectivity index (χ2v) is 3.02. The van der Waals surface area contributed by atoms with Crippen molar-refractivity contribution in [2.45, 2.75) is 6.54 Å². The number of hydrogen-bond donors (Lipinski definition) is 2. The number of nitrogens with one attached hydrogen (secondary N) is 1. The van der Waals surface area contributed by atoms with Crippen molar-refractivity contribution >= 4 is 17.2 Å². The molecule has 0 radical (unpaired) electrons. The average Bonchev–Trinajstić information content (AvgIpc) is 2.05. The summed E-state index contributed by atoms with van der Waals surface area (Å²) in [7, 11) is 0. The molecule has 0 amide bonds. The van der Waals surface area contributed by atoms with E-state index in [1.165, 1.54) is 0 Å². The predicted octanol–water partition coefficient (Wildman–Crippen LogP) is 2.10. The summed E-state index contributed by atoms with van der Waals surface area (Å²) >= 11 is 0.693. The standard InChI is InChI=1S/C8H9NO2S/c10-8(11)12-9-6-7-4-2-1-3-5-7/h1-5,9H,6H2,(H,10,11). The highest BCUT2D eigenvalue weighted by Crippen LogP contribution is 2.01. The van der Waals surface area contributed by atoms with E-state index in [1.54, 1.807) is 0 Å². The molecule has 0 heterocycles. The second-order valence-electron chi connectivity index (χ2n) is 2.17. The van der Waals surface area contributed by atoms with E-state index in [4.69, 9.17) is 5.11 Å². The van der Waals surface area contributed by atoms with Crippen LogP contribution >= 0.6 is 11.9 Å². The molecule has 4 heteroatoms. The summed E-state index contributed by atoms with van der Waals surface area (Å²) in [5, 5.41) is 7.38. The summed E-state index contributed by atoms with van der Waals surface area (Å²) in [6.07, 6.45) is 0. The molecule has 0 aliphatic rings. The van der Waals surface area contributed by atoms with Crippen LogP contribution in [0.4, 0.5) is 4.79 Å². The van der Waals surface area contributed by atoms with Crippen molar-refractivity contribution in [2.75, 3.05) is 0 Å². The van der Waals surface area contributed by atoms with E-state index >= 15 is 0 Å². The first kappa shape index (κ1) is 9.09. The molecule has 0 fully saturated rings. The van der Waals surface area contributed by atoms with Gasteiger partial charge in [0.15, 0.2) is 0 Å². The summed E-state index contributed by atoms with van der Waals surface area (Å²) in [6, 6.07) is 9.64. The fourth-order valence-corrected chi connectivity index (χ4v) is 1.14. The van der Waals surface area contributed by atoms with Crippen LogP contribution < -0.4 is 4.72 Å². The van der Waals surface area contributed by atoms with E-state index in [0.29, 0.717) is 18.5 Å². The molecule has 3 nitrogen and oxygen atoms in total. The molecule has 0 aliphatic heterocycles. The molecule has 0 unspecified atom stereocenters. The van der Waals surface area contributed by atoms with Crippen molar-refractivity contribution in [1.82, 2.24) is 4.72 Å². The zero-order valence-electron chi connectivity index (χ0n) is 6.36. The third-order valence-electron chi connectivity index (χ3n) is 1.28. The van der Waals surface area contributed by atoms with E-state index in [0.717, 1.165) is 5.56 Å². The van der Waals surface area contributed by atoms with E-state index in [2.05, 4.69) is 4.72 Å². The van der Waals surface area contributed by atoms with Gasteiger partial charge < -0.3 is 5.11 Å². The monoisotopic (exact) mass is 183 g/mol. The predicted molar refractivity (Wildman–Crippen MR) is 48.9 cm³/mol. The van der Waals surface area contributed by atoms with Crippen LogP contribution in [-0.2, 0) is 6.54 Å². The van der Waals surface area contributed by atoms with Crippen molar-refractivity contribution in [1.29, 1.82) is 0 Å². The van der Waals surface area contributed by atoms with Crippen LogP contribution in [-0.4, -0.2) is 10.4 Å². The van der Waals surface area contributed by atoms with Crippen molar-refractivity contribution in [2.24, 2.45) is 0 Å². The fourth-order valence-electron chi connectivity index (χ4n) is 0.777. The molecule has 0 atom stereocenters. The number of carbonyl (C=O) groups is 1. The Labute approximate surface area is 74.9 Å². The average molecular weight is 183 g/mol. The van der Waals surface area contributed by atoms with Gasteiger partial charge in [0.1, 0.15) is 0 Å². The Hall–Kier alpha value is -1.00. The Bertz CT molecular complexity index is 250. The lowest BCUT2D eigenvalue weighted by Crippen LogP contribution is -2.05. The maximum atomic E-state index is 10.1. The van der Waals surface area contributed by atoms with Crippen LogP contribution in [0.1, 0.15) is 5.56 Å². The molecule has 12 heavy (non-hydrogen) atoms. The first-order chi connectivity index (χ1) is 5.79. The number of rotatable bonds is 3. The largest absolute Gasteiger partial charge is 0.472 e. The fraction of sp³-hybridized carbons (Fsp3) is 0.125. The highest BCUT2D eigenvalue weighted by Gasteiger charge is 1.95. The van der Waals surface area contributed by atoms with Crippen LogP contribution in [0.3, 0.4) is 0 Å². The Kier molecular flexibility index (Phi) is 3.63. The molecule has 2 N–H and O–H groups in total. The molecule has 0 aliphatic carbocycles. The summed E-state index contributed by atoms with van der Waals surface area (Å²) in [6.45, 7) is 0.567. The van der Waals surface area contributed by atoms with Gasteiger partial charge in [0.25, 0.3) is 0 Å². The molecule has 0 saturated carbocycles. The summed E-state index contributed by atoms with van der Waals surface area (Å²) < 4.78 is 2.72. The Morgan fingerprint density at radius 1 is 1.42 bits per heavy atom. The molecular weight excluding hydrogens is 174 g/mol. The van der Waals surface area contributed by atoms with E-state index in [1.807, 2.05) is 30.3 Å². The van der Waals surface area contributed by atoms with Gasteiger partial charge in [-0.15, -0.1) is 0 Å². The molecule has 1 rings (SSSR count). The Balaban J connectivity index is 2.29. The van der Waals surface area contributed by atoms with Crippen LogP contribution in [0.25, 0.3) is 0 Å². The Morgan fingerprint density at radius 3 is 2.67 bits per heavy atom. The summed E-state index contributed by atoms with van der Waals surface area (Å²) in [5.74, 6) is 0. The van der Waals surface area contributed by atoms with Gasteiger partial charge in [0.05, 0.1) is 0 Å². The minimum absolute atomic E-state index is 0.567. The zero-order chi connectivity index (χ0) is 8.81. The number of carboxylic acid groups (broad SMARTS) is 1. The van der Waals surface area contributed by atoms with Gasteiger partial charge in [0, 0.05) is 18.5 Å². The van der Waals surface area contributed by atoms with E-state index in [-0.39, 0.29) is 0 Å². The smallest absolute Gasteiger partial charge is 0.380 e. The minimum Gasteiger partial charge on any atom is -0.472 e. The van der Waals surface area contributed by atoms with Crippen molar-refractivity contribution < 1.29 is 9.90 Å². The number of hydrogen-bond acceptors (Lipinski definition) is 3. The highest BCUT2D eigenvalue weighted by atomic mass is 32.2. The van der Waals surface area contributed by atoms with Gasteiger partial charge >= 0.3 is 5.30 Å². The maximum absolute atomic E-state index is 10.1. The Morgan fingerprint density at radius 2 is 2.08 bits per heavy atom. The lowest BCUT2D eigenvalue weighted by Gasteiger charge is -1.99. The van der Waals surface area contributed by atoms with Crippen molar-refractivity contribution in [3.8, 4) is 0 Å². The summed E-state index contributed by atoms with van der Waals surface area (Å²) in [4.78, 5) is 10.1. The van der Waals surface area contributed by atoms with Gasteiger partial charge in [0.2, 0.25) is 0 Å².